The molecule has 0 spiro atoms. The Morgan fingerprint density at radius 1 is 1.04 bits per heavy atom. The van der Waals surface area contributed by atoms with Crippen molar-refractivity contribution in [3.8, 4) is 5.13 Å². The van der Waals surface area contributed by atoms with Crippen molar-refractivity contribution in [2.45, 2.75) is 26.7 Å². The second kappa shape index (κ2) is 6.87. The van der Waals surface area contributed by atoms with E-state index < -0.39 is 0 Å². The van der Waals surface area contributed by atoms with E-state index in [2.05, 4.69) is 33.3 Å². The zero-order valence-electron chi connectivity index (χ0n) is 15.9. The van der Waals surface area contributed by atoms with Crippen LogP contribution in [0.1, 0.15) is 24.1 Å². The van der Waals surface area contributed by atoms with Crippen LogP contribution in [0.5, 0.6) is 0 Å². The maximum Gasteiger partial charge on any atom is 0.211 e. The number of hydrogen-bond acceptors (Lipinski definition) is 7. The zero-order valence-corrected chi connectivity index (χ0v) is 16.7. The monoisotopic (exact) mass is 391 g/mol. The maximum absolute atomic E-state index is 4.83. The minimum absolute atomic E-state index is 0.741. The molecular formula is C20H21N7S. The summed E-state index contributed by atoms with van der Waals surface area (Å²) in [5.74, 6) is 2.61. The van der Waals surface area contributed by atoms with Gasteiger partial charge in [-0.1, -0.05) is 17.4 Å². The molecule has 28 heavy (non-hydrogen) atoms. The summed E-state index contributed by atoms with van der Waals surface area (Å²) in [5, 5.41) is 8.53. The molecule has 8 heteroatoms. The Kier molecular flexibility index (Phi) is 4.20. The number of nitrogens with zero attached hydrogens (tertiary/aromatic N) is 6. The molecule has 1 aliphatic rings. The van der Waals surface area contributed by atoms with Crippen molar-refractivity contribution in [3.05, 3.63) is 47.9 Å². The zero-order chi connectivity index (χ0) is 19.1. The molecule has 142 valence electrons. The topological polar surface area (TPSA) is 71.8 Å². The maximum atomic E-state index is 4.83. The summed E-state index contributed by atoms with van der Waals surface area (Å²) in [7, 11) is 0. The third kappa shape index (κ3) is 3.09. The molecule has 4 aromatic heterocycles. The van der Waals surface area contributed by atoms with Gasteiger partial charge >= 0.3 is 0 Å². The van der Waals surface area contributed by atoms with E-state index in [9.17, 15) is 0 Å². The molecule has 0 saturated carbocycles. The van der Waals surface area contributed by atoms with Crippen molar-refractivity contribution < 1.29 is 0 Å². The largest absolute Gasteiger partial charge is 0.356 e. The van der Waals surface area contributed by atoms with Crippen LogP contribution in [0, 0.1) is 13.8 Å². The summed E-state index contributed by atoms with van der Waals surface area (Å²) < 4.78 is 2.88. The summed E-state index contributed by atoms with van der Waals surface area (Å²) in [6, 6.07) is 8.05. The number of hydrogen-bond donors (Lipinski definition) is 1. The second-order valence-electron chi connectivity index (χ2n) is 7.07. The van der Waals surface area contributed by atoms with Crippen LogP contribution < -0.4 is 10.2 Å². The first kappa shape index (κ1) is 17.1. The molecule has 0 radical (unpaired) electrons. The van der Waals surface area contributed by atoms with Gasteiger partial charge in [-0.25, -0.2) is 19.6 Å². The lowest BCUT2D eigenvalue weighted by atomic mass is 10.2. The molecule has 1 aliphatic heterocycles. The Bertz CT molecular complexity index is 1140. The standard InChI is InChI=1S/C20H21N7S/c1-13-5-6-17(25-19(13)26-9-3-4-10-26)24-18-11-15-16(12-21-18)28-20(23-15)27-14(2)7-8-22-27/h5-8,11-12H,3-4,9-10H2,1-2H3,(H,21,24,25). The van der Waals surface area contributed by atoms with Crippen molar-refractivity contribution in [1.29, 1.82) is 0 Å². The number of aromatic nitrogens is 5. The van der Waals surface area contributed by atoms with Crippen LogP contribution in [-0.4, -0.2) is 37.8 Å². The Labute approximate surface area is 167 Å². The van der Waals surface area contributed by atoms with Crippen molar-refractivity contribution in [3.63, 3.8) is 0 Å². The van der Waals surface area contributed by atoms with E-state index in [0.29, 0.717) is 0 Å². The van der Waals surface area contributed by atoms with E-state index in [4.69, 9.17) is 9.97 Å². The smallest absolute Gasteiger partial charge is 0.211 e. The molecule has 0 bridgehead atoms. The van der Waals surface area contributed by atoms with E-state index in [0.717, 1.165) is 51.6 Å². The van der Waals surface area contributed by atoms with Gasteiger partial charge in [-0.05, 0) is 44.4 Å². The number of thiazole rings is 1. The average Bonchev–Trinajstić information content (AvgIpc) is 3.43. The molecule has 1 saturated heterocycles. The van der Waals surface area contributed by atoms with Crippen molar-refractivity contribution >= 4 is 39.0 Å². The van der Waals surface area contributed by atoms with Crippen molar-refractivity contribution in [2.75, 3.05) is 23.3 Å². The molecule has 5 rings (SSSR count). The first-order valence-electron chi connectivity index (χ1n) is 9.44. The fourth-order valence-electron chi connectivity index (χ4n) is 3.52. The van der Waals surface area contributed by atoms with Gasteiger partial charge < -0.3 is 10.2 Å². The summed E-state index contributed by atoms with van der Waals surface area (Å²) in [6.45, 7) is 6.29. The molecule has 5 heterocycles. The summed E-state index contributed by atoms with van der Waals surface area (Å²) in [6.07, 6.45) is 6.11. The minimum atomic E-state index is 0.741. The van der Waals surface area contributed by atoms with Crippen LogP contribution in [0.2, 0.25) is 0 Å². The highest BCUT2D eigenvalue weighted by atomic mass is 32.1. The lowest BCUT2D eigenvalue weighted by Crippen LogP contribution is -2.20. The summed E-state index contributed by atoms with van der Waals surface area (Å²) in [5.41, 5.74) is 3.16. The van der Waals surface area contributed by atoms with Crippen LogP contribution in [0.3, 0.4) is 0 Å². The molecule has 0 atom stereocenters. The van der Waals surface area contributed by atoms with E-state index in [1.807, 2.05) is 36.0 Å². The van der Waals surface area contributed by atoms with Crippen molar-refractivity contribution in [1.82, 2.24) is 24.7 Å². The fraction of sp³-hybridized carbons (Fsp3) is 0.300. The van der Waals surface area contributed by atoms with Gasteiger partial charge in [-0.15, -0.1) is 0 Å². The normalized spacial score (nSPS) is 14.1. The van der Waals surface area contributed by atoms with E-state index in [1.54, 1.807) is 17.5 Å². The van der Waals surface area contributed by atoms with E-state index in [1.165, 1.54) is 18.4 Å². The number of fused-ring (bicyclic) bond motifs is 1. The lowest BCUT2D eigenvalue weighted by Gasteiger charge is -2.19. The van der Waals surface area contributed by atoms with Gasteiger partial charge in [0.2, 0.25) is 5.13 Å². The summed E-state index contributed by atoms with van der Waals surface area (Å²) >= 11 is 1.58. The van der Waals surface area contributed by atoms with Crippen LogP contribution in [0.4, 0.5) is 17.5 Å². The number of nitrogens with one attached hydrogen (secondary N) is 1. The summed E-state index contributed by atoms with van der Waals surface area (Å²) in [4.78, 5) is 16.5. The predicted molar refractivity (Wildman–Crippen MR) is 113 cm³/mol. The fourth-order valence-corrected chi connectivity index (χ4v) is 4.45. The van der Waals surface area contributed by atoms with E-state index in [-0.39, 0.29) is 0 Å². The van der Waals surface area contributed by atoms with Gasteiger partial charge in [0.15, 0.2) is 0 Å². The Hall–Kier alpha value is -3.00. The van der Waals surface area contributed by atoms with Gasteiger partial charge in [0.05, 0.1) is 10.2 Å². The molecule has 1 fully saturated rings. The Morgan fingerprint density at radius 2 is 1.89 bits per heavy atom. The Balaban J connectivity index is 1.44. The highest BCUT2D eigenvalue weighted by Crippen LogP contribution is 2.28. The molecule has 1 N–H and O–H groups in total. The third-order valence-corrected chi connectivity index (χ3v) is 5.99. The van der Waals surface area contributed by atoms with Crippen LogP contribution in [-0.2, 0) is 0 Å². The highest BCUT2D eigenvalue weighted by Gasteiger charge is 2.16. The van der Waals surface area contributed by atoms with Crippen LogP contribution in [0.15, 0.2) is 36.7 Å². The highest BCUT2D eigenvalue weighted by molar-refractivity contribution is 7.20. The van der Waals surface area contributed by atoms with Gasteiger partial charge in [0.25, 0.3) is 0 Å². The van der Waals surface area contributed by atoms with Crippen LogP contribution >= 0.6 is 11.3 Å². The van der Waals surface area contributed by atoms with Gasteiger partial charge in [-0.3, -0.25) is 0 Å². The van der Waals surface area contributed by atoms with Gasteiger partial charge in [0.1, 0.15) is 17.5 Å². The van der Waals surface area contributed by atoms with Gasteiger partial charge in [-0.2, -0.15) is 5.10 Å². The molecule has 0 aliphatic carbocycles. The minimum Gasteiger partial charge on any atom is -0.356 e. The number of aryl methyl sites for hydroxylation is 2. The number of rotatable bonds is 4. The SMILES string of the molecule is Cc1ccc(Nc2cc3nc(-n4nccc4C)sc3cn2)nc1N1CCCC1. The second-order valence-corrected chi connectivity index (χ2v) is 8.08. The number of pyridine rings is 2. The van der Waals surface area contributed by atoms with Gasteiger partial charge in [0, 0.05) is 37.2 Å². The molecule has 0 amide bonds. The molecule has 0 unspecified atom stereocenters. The molecule has 7 nitrogen and oxygen atoms in total. The molecule has 4 aromatic rings. The molecular weight excluding hydrogens is 370 g/mol. The first-order valence-corrected chi connectivity index (χ1v) is 10.3. The van der Waals surface area contributed by atoms with Crippen molar-refractivity contribution in [2.24, 2.45) is 0 Å². The first-order chi connectivity index (χ1) is 13.7. The third-order valence-electron chi connectivity index (χ3n) is 5.01. The predicted octanol–water partition coefficient (Wildman–Crippen LogP) is 4.23. The molecule has 0 aromatic carbocycles. The van der Waals surface area contributed by atoms with Crippen LogP contribution in [0.25, 0.3) is 15.3 Å². The lowest BCUT2D eigenvalue weighted by molar-refractivity contribution is 0.840. The Morgan fingerprint density at radius 3 is 2.68 bits per heavy atom. The quantitative estimate of drug-likeness (QED) is 0.561. The van der Waals surface area contributed by atoms with E-state index >= 15 is 0 Å². The average molecular weight is 392 g/mol. The number of anilines is 3.